The summed E-state index contributed by atoms with van der Waals surface area (Å²) >= 11 is 1.60. The van der Waals surface area contributed by atoms with Gasteiger partial charge < -0.3 is 10.1 Å². The summed E-state index contributed by atoms with van der Waals surface area (Å²) in [6.07, 6.45) is 3.32. The molecule has 0 saturated carbocycles. The molecule has 0 unspecified atom stereocenters. The summed E-state index contributed by atoms with van der Waals surface area (Å²) in [5.41, 5.74) is 1.79. The number of thiophene rings is 1. The number of nitrogens with one attached hydrogen (secondary N) is 1. The van der Waals surface area contributed by atoms with E-state index in [0.29, 0.717) is 6.61 Å². The van der Waals surface area contributed by atoms with E-state index >= 15 is 0 Å². The number of benzene rings is 1. The van der Waals surface area contributed by atoms with Crippen LogP contribution in [0.15, 0.2) is 47.2 Å². The van der Waals surface area contributed by atoms with Crippen LogP contribution in [0.4, 0.5) is 5.69 Å². The Balaban J connectivity index is 1.91. The highest BCUT2D eigenvalue weighted by Crippen LogP contribution is 2.15. The standard InChI is InChI=1S/C15H15NO2S/c1-2-18-14-6-4-13(5-7-14)16-15(17)8-3-12-9-10-19-11-12/h3-11H,2H2,1H3,(H,16,17)/b8-3+. The van der Waals surface area contributed by atoms with E-state index in [4.69, 9.17) is 4.74 Å². The van der Waals surface area contributed by atoms with E-state index in [9.17, 15) is 4.79 Å². The number of carbonyl (C=O) groups excluding carboxylic acids is 1. The Morgan fingerprint density at radius 1 is 1.32 bits per heavy atom. The van der Waals surface area contributed by atoms with Crippen LogP contribution in [0.25, 0.3) is 6.08 Å². The number of amides is 1. The van der Waals surface area contributed by atoms with Crippen LogP contribution in [-0.4, -0.2) is 12.5 Å². The Hall–Kier alpha value is -2.07. The van der Waals surface area contributed by atoms with Crippen molar-refractivity contribution >= 4 is 29.0 Å². The highest BCUT2D eigenvalue weighted by Gasteiger charge is 1.98. The Labute approximate surface area is 116 Å². The SMILES string of the molecule is CCOc1ccc(NC(=O)/C=C/c2ccsc2)cc1. The Kier molecular flexibility index (Phi) is 4.75. The smallest absolute Gasteiger partial charge is 0.248 e. The molecule has 0 fully saturated rings. The van der Waals surface area contributed by atoms with Crippen molar-refractivity contribution in [3.8, 4) is 5.75 Å². The lowest BCUT2D eigenvalue weighted by Gasteiger charge is -2.05. The lowest BCUT2D eigenvalue weighted by molar-refractivity contribution is -0.111. The molecule has 0 radical (unpaired) electrons. The molecule has 2 rings (SSSR count). The van der Waals surface area contributed by atoms with Gasteiger partial charge in [-0.25, -0.2) is 0 Å². The van der Waals surface area contributed by atoms with E-state index in [0.717, 1.165) is 17.0 Å². The van der Waals surface area contributed by atoms with Crippen LogP contribution < -0.4 is 10.1 Å². The lowest BCUT2D eigenvalue weighted by Crippen LogP contribution is -2.07. The molecule has 0 spiro atoms. The summed E-state index contributed by atoms with van der Waals surface area (Å²) in [6.45, 7) is 2.57. The third-order valence-electron chi connectivity index (χ3n) is 2.40. The van der Waals surface area contributed by atoms with Crippen molar-refractivity contribution in [2.75, 3.05) is 11.9 Å². The highest BCUT2D eigenvalue weighted by molar-refractivity contribution is 7.08. The molecule has 1 N–H and O–H groups in total. The van der Waals surface area contributed by atoms with Gasteiger partial charge in [0.15, 0.2) is 0 Å². The van der Waals surface area contributed by atoms with E-state index in [1.807, 2.05) is 48.0 Å². The zero-order valence-corrected chi connectivity index (χ0v) is 11.4. The van der Waals surface area contributed by atoms with Gasteiger partial charge in [-0.1, -0.05) is 0 Å². The molecule has 0 saturated heterocycles. The topological polar surface area (TPSA) is 38.3 Å². The third kappa shape index (κ3) is 4.26. The van der Waals surface area contributed by atoms with Crippen molar-refractivity contribution in [1.82, 2.24) is 0 Å². The average molecular weight is 273 g/mol. The molecule has 3 nitrogen and oxygen atoms in total. The van der Waals surface area contributed by atoms with E-state index in [-0.39, 0.29) is 5.91 Å². The van der Waals surface area contributed by atoms with Gasteiger partial charge in [-0.3, -0.25) is 4.79 Å². The van der Waals surface area contributed by atoms with Crippen LogP contribution in [0.3, 0.4) is 0 Å². The molecule has 98 valence electrons. The minimum Gasteiger partial charge on any atom is -0.494 e. The molecule has 4 heteroatoms. The summed E-state index contributed by atoms with van der Waals surface area (Å²) < 4.78 is 5.34. The van der Waals surface area contributed by atoms with Gasteiger partial charge in [0.05, 0.1) is 6.61 Å². The fourth-order valence-electron chi connectivity index (χ4n) is 1.53. The number of carbonyl (C=O) groups is 1. The van der Waals surface area contributed by atoms with Crippen molar-refractivity contribution in [2.24, 2.45) is 0 Å². The average Bonchev–Trinajstić information content (AvgIpc) is 2.92. The predicted molar refractivity (Wildman–Crippen MR) is 79.6 cm³/mol. The molecule has 1 amide bonds. The maximum absolute atomic E-state index is 11.7. The fourth-order valence-corrected chi connectivity index (χ4v) is 2.16. The summed E-state index contributed by atoms with van der Waals surface area (Å²) in [5, 5.41) is 6.76. The summed E-state index contributed by atoms with van der Waals surface area (Å²) in [5.74, 6) is 0.657. The summed E-state index contributed by atoms with van der Waals surface area (Å²) in [7, 11) is 0. The molecule has 0 aliphatic carbocycles. The van der Waals surface area contributed by atoms with Crippen molar-refractivity contribution in [1.29, 1.82) is 0 Å². The van der Waals surface area contributed by atoms with E-state index < -0.39 is 0 Å². The molecular formula is C15H15NO2S. The van der Waals surface area contributed by atoms with Crippen LogP contribution in [-0.2, 0) is 4.79 Å². The molecule has 1 heterocycles. The molecule has 0 atom stereocenters. The highest BCUT2D eigenvalue weighted by atomic mass is 32.1. The van der Waals surface area contributed by atoms with Gasteiger partial charge in [0.1, 0.15) is 5.75 Å². The maximum Gasteiger partial charge on any atom is 0.248 e. The number of anilines is 1. The molecule has 0 bridgehead atoms. The van der Waals surface area contributed by atoms with Gasteiger partial charge in [-0.15, -0.1) is 0 Å². The normalized spacial score (nSPS) is 10.6. The Morgan fingerprint density at radius 2 is 2.11 bits per heavy atom. The van der Waals surface area contributed by atoms with E-state index in [1.54, 1.807) is 17.4 Å². The lowest BCUT2D eigenvalue weighted by atomic mass is 10.3. The van der Waals surface area contributed by atoms with Crippen LogP contribution >= 0.6 is 11.3 Å². The first-order valence-electron chi connectivity index (χ1n) is 6.02. The van der Waals surface area contributed by atoms with Gasteiger partial charge in [0.2, 0.25) is 5.91 Å². The van der Waals surface area contributed by atoms with Crippen LogP contribution in [0, 0.1) is 0 Å². The van der Waals surface area contributed by atoms with Crippen LogP contribution in [0.2, 0.25) is 0 Å². The molecule has 1 aromatic carbocycles. The molecule has 1 aromatic heterocycles. The molecule has 0 aliphatic heterocycles. The minimum atomic E-state index is -0.143. The fraction of sp³-hybridized carbons (Fsp3) is 0.133. The monoisotopic (exact) mass is 273 g/mol. The minimum absolute atomic E-state index is 0.143. The predicted octanol–water partition coefficient (Wildman–Crippen LogP) is 3.80. The van der Waals surface area contributed by atoms with Crippen molar-refractivity contribution in [2.45, 2.75) is 6.92 Å². The Morgan fingerprint density at radius 3 is 2.74 bits per heavy atom. The zero-order chi connectivity index (χ0) is 13.5. The van der Waals surface area contributed by atoms with Crippen LogP contribution in [0.5, 0.6) is 5.75 Å². The molecule has 2 aromatic rings. The molecule has 19 heavy (non-hydrogen) atoms. The van der Waals surface area contributed by atoms with Crippen LogP contribution in [0.1, 0.15) is 12.5 Å². The number of hydrogen-bond acceptors (Lipinski definition) is 3. The van der Waals surface area contributed by atoms with Gasteiger partial charge in [0.25, 0.3) is 0 Å². The quantitative estimate of drug-likeness (QED) is 0.841. The largest absolute Gasteiger partial charge is 0.494 e. The summed E-state index contributed by atoms with van der Waals surface area (Å²) in [6, 6.07) is 9.28. The van der Waals surface area contributed by atoms with Crippen molar-refractivity contribution in [3.05, 3.63) is 52.7 Å². The number of ether oxygens (including phenoxy) is 1. The number of hydrogen-bond donors (Lipinski definition) is 1. The van der Waals surface area contributed by atoms with Gasteiger partial charge in [0, 0.05) is 11.8 Å². The first-order valence-corrected chi connectivity index (χ1v) is 6.96. The van der Waals surface area contributed by atoms with Crippen molar-refractivity contribution in [3.63, 3.8) is 0 Å². The first-order chi connectivity index (χ1) is 9.28. The van der Waals surface area contributed by atoms with Gasteiger partial charge in [-0.05, 0) is 59.7 Å². The molecule has 0 aliphatic rings. The zero-order valence-electron chi connectivity index (χ0n) is 10.6. The second-order valence-electron chi connectivity index (χ2n) is 3.84. The second-order valence-corrected chi connectivity index (χ2v) is 4.62. The van der Waals surface area contributed by atoms with E-state index in [2.05, 4.69) is 5.32 Å². The Bertz CT molecular complexity index is 544. The molecular weight excluding hydrogens is 258 g/mol. The van der Waals surface area contributed by atoms with Gasteiger partial charge >= 0.3 is 0 Å². The number of rotatable bonds is 5. The first kappa shape index (κ1) is 13.4. The van der Waals surface area contributed by atoms with Crippen molar-refractivity contribution < 1.29 is 9.53 Å². The summed E-state index contributed by atoms with van der Waals surface area (Å²) in [4.78, 5) is 11.7. The second kappa shape index (κ2) is 6.75. The van der Waals surface area contributed by atoms with Gasteiger partial charge in [-0.2, -0.15) is 11.3 Å². The van der Waals surface area contributed by atoms with E-state index in [1.165, 1.54) is 6.08 Å². The maximum atomic E-state index is 11.7. The third-order valence-corrected chi connectivity index (χ3v) is 3.10.